The molecule has 2 nitrogen and oxygen atoms in total. The summed E-state index contributed by atoms with van der Waals surface area (Å²) in [6, 6.07) is 14.4. The van der Waals surface area contributed by atoms with E-state index in [1.54, 1.807) is 6.07 Å². The summed E-state index contributed by atoms with van der Waals surface area (Å²) < 4.78 is 6.16. The standard InChI is InChI=1S/C26H31Cl2NO/c1-17(26-12-18-8-19(13-26)10-20(9-18)14-26)29-15-21-4-2-3-5-25(21)30-16-22-6-7-23(27)11-24(22)28/h2-7,11,17-20,29H,8-10,12-16H2,1H3. The lowest BCUT2D eigenvalue weighted by Gasteiger charge is -2.59. The van der Waals surface area contributed by atoms with Gasteiger partial charge in [-0.25, -0.2) is 0 Å². The Bertz CT molecular complexity index is 876. The molecule has 0 heterocycles. The van der Waals surface area contributed by atoms with E-state index in [2.05, 4.69) is 30.4 Å². The van der Waals surface area contributed by atoms with Crippen LogP contribution in [0.3, 0.4) is 0 Å². The molecule has 2 aromatic rings. The summed E-state index contributed by atoms with van der Waals surface area (Å²) in [6.45, 7) is 3.70. The molecule has 1 atom stereocenters. The van der Waals surface area contributed by atoms with E-state index in [1.165, 1.54) is 44.1 Å². The quantitative estimate of drug-likeness (QED) is 0.485. The van der Waals surface area contributed by atoms with Crippen LogP contribution in [0.4, 0.5) is 0 Å². The molecule has 4 aliphatic rings. The number of nitrogens with one attached hydrogen (secondary N) is 1. The summed E-state index contributed by atoms with van der Waals surface area (Å²) in [5, 5.41) is 5.18. The van der Waals surface area contributed by atoms with E-state index >= 15 is 0 Å². The van der Waals surface area contributed by atoms with Gasteiger partial charge in [0, 0.05) is 33.8 Å². The molecule has 160 valence electrons. The molecule has 30 heavy (non-hydrogen) atoms. The molecule has 6 rings (SSSR count). The smallest absolute Gasteiger partial charge is 0.124 e. The summed E-state index contributed by atoms with van der Waals surface area (Å²) in [7, 11) is 0. The summed E-state index contributed by atoms with van der Waals surface area (Å²) in [6.07, 6.45) is 8.78. The van der Waals surface area contributed by atoms with Crippen molar-refractivity contribution in [1.29, 1.82) is 0 Å². The highest BCUT2D eigenvalue weighted by atomic mass is 35.5. The predicted octanol–water partition coefficient (Wildman–Crippen LogP) is 7.27. The van der Waals surface area contributed by atoms with Crippen LogP contribution in [-0.4, -0.2) is 6.04 Å². The van der Waals surface area contributed by atoms with Gasteiger partial charge in [-0.05, 0) is 86.8 Å². The first-order chi connectivity index (χ1) is 14.5. The lowest BCUT2D eigenvalue weighted by Crippen LogP contribution is -2.54. The number of benzene rings is 2. The molecule has 0 spiro atoms. The average molecular weight is 444 g/mol. The predicted molar refractivity (Wildman–Crippen MR) is 124 cm³/mol. The molecule has 4 saturated carbocycles. The maximum Gasteiger partial charge on any atom is 0.124 e. The van der Waals surface area contributed by atoms with Crippen molar-refractivity contribution in [2.24, 2.45) is 23.2 Å². The Kier molecular flexibility index (Phi) is 5.77. The third kappa shape index (κ3) is 4.11. The summed E-state index contributed by atoms with van der Waals surface area (Å²) >= 11 is 12.3. The Hall–Kier alpha value is -1.22. The van der Waals surface area contributed by atoms with Gasteiger partial charge in [0.15, 0.2) is 0 Å². The number of hydrogen-bond donors (Lipinski definition) is 1. The van der Waals surface area contributed by atoms with Crippen molar-refractivity contribution in [1.82, 2.24) is 5.32 Å². The van der Waals surface area contributed by atoms with Crippen LogP contribution >= 0.6 is 23.2 Å². The first kappa shape index (κ1) is 20.7. The third-order valence-corrected chi connectivity index (χ3v) is 8.56. The number of halogens is 2. The van der Waals surface area contributed by atoms with Gasteiger partial charge < -0.3 is 10.1 Å². The van der Waals surface area contributed by atoms with Crippen molar-refractivity contribution in [2.75, 3.05) is 0 Å². The van der Waals surface area contributed by atoms with E-state index in [1.807, 2.05) is 18.2 Å². The summed E-state index contributed by atoms with van der Waals surface area (Å²) in [5.74, 6) is 3.88. The minimum Gasteiger partial charge on any atom is -0.489 e. The summed E-state index contributed by atoms with van der Waals surface area (Å²) in [5.41, 5.74) is 2.67. The van der Waals surface area contributed by atoms with Crippen LogP contribution < -0.4 is 10.1 Å². The van der Waals surface area contributed by atoms with Crippen molar-refractivity contribution < 1.29 is 4.74 Å². The monoisotopic (exact) mass is 443 g/mol. The highest BCUT2D eigenvalue weighted by molar-refractivity contribution is 6.35. The van der Waals surface area contributed by atoms with E-state index in [0.717, 1.165) is 35.6 Å². The van der Waals surface area contributed by atoms with Crippen LogP contribution in [0.5, 0.6) is 5.75 Å². The Morgan fingerprint density at radius 1 is 0.967 bits per heavy atom. The molecule has 4 bridgehead atoms. The Balaban J connectivity index is 1.24. The lowest BCUT2D eigenvalue weighted by molar-refractivity contribution is -0.0706. The van der Waals surface area contributed by atoms with Crippen molar-refractivity contribution in [3.63, 3.8) is 0 Å². The van der Waals surface area contributed by atoms with Gasteiger partial charge in [-0.15, -0.1) is 0 Å². The van der Waals surface area contributed by atoms with Crippen LogP contribution in [0.15, 0.2) is 42.5 Å². The first-order valence-electron chi connectivity index (χ1n) is 11.4. The third-order valence-electron chi connectivity index (χ3n) is 7.97. The summed E-state index contributed by atoms with van der Waals surface area (Å²) in [4.78, 5) is 0. The van der Waals surface area contributed by atoms with Gasteiger partial charge in [-0.1, -0.05) is 47.5 Å². The Morgan fingerprint density at radius 3 is 2.30 bits per heavy atom. The van der Waals surface area contributed by atoms with E-state index in [9.17, 15) is 0 Å². The van der Waals surface area contributed by atoms with Gasteiger partial charge in [-0.2, -0.15) is 0 Å². The molecule has 0 aromatic heterocycles. The van der Waals surface area contributed by atoms with Crippen molar-refractivity contribution in [3.8, 4) is 5.75 Å². The molecule has 2 aromatic carbocycles. The van der Waals surface area contributed by atoms with Gasteiger partial charge >= 0.3 is 0 Å². The highest BCUT2D eigenvalue weighted by Gasteiger charge is 2.52. The fraction of sp³-hybridized carbons (Fsp3) is 0.538. The molecule has 1 unspecified atom stereocenters. The van der Waals surface area contributed by atoms with Crippen LogP contribution in [0.2, 0.25) is 10.0 Å². The van der Waals surface area contributed by atoms with E-state index in [0.29, 0.717) is 28.1 Å². The fourth-order valence-electron chi connectivity index (χ4n) is 6.77. The SMILES string of the molecule is CC(NCc1ccccc1OCc1ccc(Cl)cc1Cl)C12CC3CC(CC(C3)C1)C2. The van der Waals surface area contributed by atoms with Gasteiger partial charge in [0.1, 0.15) is 12.4 Å². The average Bonchev–Trinajstić information content (AvgIpc) is 2.71. The van der Waals surface area contributed by atoms with Gasteiger partial charge in [0.05, 0.1) is 0 Å². The Morgan fingerprint density at radius 2 is 1.63 bits per heavy atom. The molecule has 4 fully saturated rings. The van der Waals surface area contributed by atoms with E-state index in [-0.39, 0.29) is 0 Å². The van der Waals surface area contributed by atoms with E-state index < -0.39 is 0 Å². The number of para-hydroxylation sites is 1. The maximum absolute atomic E-state index is 6.31. The lowest BCUT2D eigenvalue weighted by atomic mass is 9.48. The number of ether oxygens (including phenoxy) is 1. The number of hydrogen-bond acceptors (Lipinski definition) is 2. The van der Waals surface area contributed by atoms with Crippen LogP contribution in [0.1, 0.15) is 56.6 Å². The molecule has 4 aliphatic carbocycles. The van der Waals surface area contributed by atoms with Crippen LogP contribution in [0, 0.1) is 23.2 Å². The molecule has 0 radical (unpaired) electrons. The minimum absolute atomic E-state index is 0.442. The van der Waals surface area contributed by atoms with Gasteiger partial charge in [-0.3, -0.25) is 0 Å². The van der Waals surface area contributed by atoms with Crippen molar-refractivity contribution >= 4 is 23.2 Å². The molecular formula is C26H31Cl2NO. The zero-order valence-electron chi connectivity index (χ0n) is 17.7. The Labute approximate surface area is 190 Å². The molecule has 0 saturated heterocycles. The highest BCUT2D eigenvalue weighted by Crippen LogP contribution is 2.61. The normalized spacial score (nSPS) is 30.4. The van der Waals surface area contributed by atoms with Gasteiger partial charge in [0.2, 0.25) is 0 Å². The first-order valence-corrected chi connectivity index (χ1v) is 12.1. The zero-order valence-corrected chi connectivity index (χ0v) is 19.2. The van der Waals surface area contributed by atoms with E-state index in [4.69, 9.17) is 27.9 Å². The van der Waals surface area contributed by atoms with Gasteiger partial charge in [0.25, 0.3) is 0 Å². The van der Waals surface area contributed by atoms with Crippen LogP contribution in [-0.2, 0) is 13.2 Å². The maximum atomic E-state index is 6.31. The second-order valence-electron chi connectivity index (χ2n) is 10.0. The molecule has 1 N–H and O–H groups in total. The molecule has 0 aliphatic heterocycles. The second-order valence-corrected chi connectivity index (χ2v) is 10.9. The topological polar surface area (TPSA) is 21.3 Å². The molecular weight excluding hydrogens is 413 g/mol. The second kappa shape index (κ2) is 8.37. The minimum atomic E-state index is 0.442. The fourth-order valence-corrected chi connectivity index (χ4v) is 7.24. The van der Waals surface area contributed by atoms with Crippen LogP contribution in [0.25, 0.3) is 0 Å². The largest absolute Gasteiger partial charge is 0.489 e. The number of rotatable bonds is 7. The molecule has 4 heteroatoms. The molecule has 0 amide bonds. The van der Waals surface area contributed by atoms with Crippen molar-refractivity contribution in [2.45, 2.75) is 64.6 Å². The zero-order chi connectivity index (χ0) is 20.7. The van der Waals surface area contributed by atoms with Crippen molar-refractivity contribution in [3.05, 3.63) is 63.6 Å².